The van der Waals surface area contributed by atoms with Crippen LogP contribution in [0.4, 0.5) is 0 Å². The van der Waals surface area contributed by atoms with E-state index in [0.717, 1.165) is 48.9 Å². The van der Waals surface area contributed by atoms with Gasteiger partial charge in [0.05, 0.1) is 5.56 Å². The van der Waals surface area contributed by atoms with E-state index < -0.39 is 0 Å². The molecule has 3 rings (SSSR count). The number of benzene rings is 1. The molecule has 1 aliphatic heterocycles. The van der Waals surface area contributed by atoms with Crippen molar-refractivity contribution in [3.8, 4) is 0 Å². The molecule has 1 unspecified atom stereocenters. The Morgan fingerprint density at radius 2 is 2.14 bits per heavy atom. The van der Waals surface area contributed by atoms with Gasteiger partial charge in [-0.3, -0.25) is 4.79 Å². The van der Waals surface area contributed by atoms with Crippen LogP contribution in [0.5, 0.6) is 0 Å². The maximum Gasteiger partial charge on any atom is 0.256 e. The van der Waals surface area contributed by atoms with E-state index in [1.807, 2.05) is 30.5 Å². The van der Waals surface area contributed by atoms with E-state index in [-0.39, 0.29) is 5.91 Å². The molecule has 0 saturated carbocycles. The third-order valence-electron chi connectivity index (χ3n) is 4.45. The van der Waals surface area contributed by atoms with Gasteiger partial charge in [0.2, 0.25) is 0 Å². The summed E-state index contributed by atoms with van der Waals surface area (Å²) in [6.45, 7) is 5.04. The van der Waals surface area contributed by atoms with Crippen molar-refractivity contribution in [2.75, 3.05) is 26.7 Å². The second kappa shape index (κ2) is 5.90. The molecule has 4 nitrogen and oxygen atoms in total. The Morgan fingerprint density at radius 3 is 2.95 bits per heavy atom. The van der Waals surface area contributed by atoms with Crippen molar-refractivity contribution in [2.45, 2.75) is 25.8 Å². The zero-order chi connectivity index (χ0) is 14.8. The highest BCUT2D eigenvalue weighted by Crippen LogP contribution is 2.22. The lowest BCUT2D eigenvalue weighted by atomic mass is 10.1. The van der Waals surface area contributed by atoms with Gasteiger partial charge in [0.15, 0.2) is 0 Å². The molecule has 0 aliphatic carbocycles. The molecule has 112 valence electrons. The SMILES string of the molecule is CCC1CN(C)CCCN1C(=O)c1c[nH]c2ccccc12. The smallest absolute Gasteiger partial charge is 0.256 e. The minimum absolute atomic E-state index is 0.162. The maximum atomic E-state index is 13.0. The molecule has 1 saturated heterocycles. The van der Waals surface area contributed by atoms with E-state index in [2.05, 4.69) is 28.8 Å². The first-order valence-electron chi connectivity index (χ1n) is 7.76. The summed E-state index contributed by atoms with van der Waals surface area (Å²) in [4.78, 5) is 20.6. The highest BCUT2D eigenvalue weighted by atomic mass is 16.2. The molecule has 1 N–H and O–H groups in total. The van der Waals surface area contributed by atoms with E-state index in [1.54, 1.807) is 0 Å². The predicted molar refractivity (Wildman–Crippen MR) is 85.5 cm³/mol. The predicted octanol–water partition coefficient (Wildman–Crippen LogP) is 2.72. The zero-order valence-corrected chi connectivity index (χ0v) is 12.8. The van der Waals surface area contributed by atoms with Crippen molar-refractivity contribution >= 4 is 16.8 Å². The van der Waals surface area contributed by atoms with Crippen molar-refractivity contribution in [2.24, 2.45) is 0 Å². The standard InChI is InChI=1S/C17H23N3O/c1-3-13-12-19(2)9-6-10-20(13)17(21)15-11-18-16-8-5-4-7-14(15)16/h4-5,7-8,11,13,18H,3,6,9-10,12H2,1-2H3. The fraction of sp³-hybridized carbons (Fsp3) is 0.471. The third-order valence-corrected chi connectivity index (χ3v) is 4.45. The molecule has 0 radical (unpaired) electrons. The van der Waals surface area contributed by atoms with Gasteiger partial charge < -0.3 is 14.8 Å². The number of H-pyrrole nitrogens is 1. The lowest BCUT2D eigenvalue weighted by Crippen LogP contribution is -2.43. The number of rotatable bonds is 2. The van der Waals surface area contributed by atoms with Crippen LogP contribution < -0.4 is 0 Å². The first-order valence-corrected chi connectivity index (χ1v) is 7.76. The van der Waals surface area contributed by atoms with Crippen LogP contribution in [0, 0.1) is 0 Å². The molecule has 4 heteroatoms. The van der Waals surface area contributed by atoms with Gasteiger partial charge in [0.25, 0.3) is 5.91 Å². The van der Waals surface area contributed by atoms with Crippen LogP contribution in [0.3, 0.4) is 0 Å². The number of aromatic amines is 1. The topological polar surface area (TPSA) is 39.3 Å². The number of para-hydroxylation sites is 1. The number of fused-ring (bicyclic) bond motifs is 1. The summed E-state index contributed by atoms with van der Waals surface area (Å²) in [7, 11) is 2.14. The van der Waals surface area contributed by atoms with Gasteiger partial charge in [-0.15, -0.1) is 0 Å². The van der Waals surface area contributed by atoms with Crippen molar-refractivity contribution < 1.29 is 4.79 Å². The Hall–Kier alpha value is -1.81. The summed E-state index contributed by atoms with van der Waals surface area (Å²) < 4.78 is 0. The molecule has 1 aromatic heterocycles. The summed E-state index contributed by atoms with van der Waals surface area (Å²) in [6.07, 6.45) is 3.90. The number of carbonyl (C=O) groups excluding carboxylic acids is 1. The van der Waals surface area contributed by atoms with Crippen LogP contribution in [0.2, 0.25) is 0 Å². The molecule has 1 atom stereocenters. The molecular formula is C17H23N3O. The minimum atomic E-state index is 0.162. The van der Waals surface area contributed by atoms with Gasteiger partial charge in [-0.25, -0.2) is 0 Å². The van der Waals surface area contributed by atoms with Crippen LogP contribution in [0.25, 0.3) is 10.9 Å². The van der Waals surface area contributed by atoms with Crippen molar-refractivity contribution in [1.29, 1.82) is 0 Å². The Labute approximate surface area is 125 Å². The molecule has 1 fully saturated rings. The minimum Gasteiger partial charge on any atom is -0.360 e. The van der Waals surface area contributed by atoms with Crippen molar-refractivity contribution in [3.05, 3.63) is 36.0 Å². The fourth-order valence-corrected chi connectivity index (χ4v) is 3.26. The summed E-state index contributed by atoms with van der Waals surface area (Å²) >= 11 is 0. The first kappa shape index (κ1) is 14.1. The second-order valence-corrected chi connectivity index (χ2v) is 5.92. The van der Waals surface area contributed by atoms with Crippen LogP contribution in [0.15, 0.2) is 30.5 Å². The number of amides is 1. The number of aromatic nitrogens is 1. The summed E-state index contributed by atoms with van der Waals surface area (Å²) in [5.41, 5.74) is 1.83. The second-order valence-electron chi connectivity index (χ2n) is 5.92. The molecule has 2 heterocycles. The Balaban J connectivity index is 1.92. The van der Waals surface area contributed by atoms with E-state index in [4.69, 9.17) is 0 Å². The quantitative estimate of drug-likeness (QED) is 0.921. The lowest BCUT2D eigenvalue weighted by molar-refractivity contribution is 0.0678. The van der Waals surface area contributed by atoms with Gasteiger partial charge >= 0.3 is 0 Å². The van der Waals surface area contributed by atoms with E-state index in [0.29, 0.717) is 6.04 Å². The Morgan fingerprint density at radius 1 is 1.33 bits per heavy atom. The largest absolute Gasteiger partial charge is 0.360 e. The lowest BCUT2D eigenvalue weighted by Gasteiger charge is -2.30. The highest BCUT2D eigenvalue weighted by Gasteiger charge is 2.28. The van der Waals surface area contributed by atoms with Crippen LogP contribution in [-0.4, -0.2) is 53.4 Å². The molecular weight excluding hydrogens is 262 g/mol. The monoisotopic (exact) mass is 285 g/mol. The number of nitrogens with one attached hydrogen (secondary N) is 1. The maximum absolute atomic E-state index is 13.0. The summed E-state index contributed by atoms with van der Waals surface area (Å²) in [5.74, 6) is 0.162. The average Bonchev–Trinajstić information content (AvgIpc) is 2.83. The van der Waals surface area contributed by atoms with E-state index in [9.17, 15) is 4.79 Å². The summed E-state index contributed by atoms with van der Waals surface area (Å²) in [5, 5.41) is 1.02. The van der Waals surface area contributed by atoms with Crippen LogP contribution in [-0.2, 0) is 0 Å². The number of hydrogen-bond donors (Lipinski definition) is 1. The van der Waals surface area contributed by atoms with Crippen molar-refractivity contribution in [3.63, 3.8) is 0 Å². The number of hydrogen-bond acceptors (Lipinski definition) is 2. The molecule has 1 aromatic carbocycles. The molecule has 1 amide bonds. The molecule has 0 bridgehead atoms. The molecule has 1 aliphatic rings. The zero-order valence-electron chi connectivity index (χ0n) is 12.8. The van der Waals surface area contributed by atoms with E-state index in [1.165, 1.54) is 0 Å². The molecule has 0 spiro atoms. The first-order chi connectivity index (χ1) is 10.2. The Bertz CT molecular complexity index is 634. The van der Waals surface area contributed by atoms with Crippen LogP contribution >= 0.6 is 0 Å². The molecule has 2 aromatic rings. The fourth-order valence-electron chi connectivity index (χ4n) is 3.26. The number of carbonyl (C=O) groups is 1. The third kappa shape index (κ3) is 2.68. The van der Waals surface area contributed by atoms with Gasteiger partial charge in [-0.05, 0) is 32.5 Å². The number of likely N-dealkylation sites (N-methyl/N-ethyl adjacent to an activating group) is 1. The number of nitrogens with zero attached hydrogens (tertiary/aromatic N) is 2. The highest BCUT2D eigenvalue weighted by molar-refractivity contribution is 6.06. The van der Waals surface area contributed by atoms with Gasteiger partial charge in [0, 0.05) is 36.2 Å². The molecule has 21 heavy (non-hydrogen) atoms. The van der Waals surface area contributed by atoms with E-state index >= 15 is 0 Å². The summed E-state index contributed by atoms with van der Waals surface area (Å²) in [6, 6.07) is 8.31. The van der Waals surface area contributed by atoms with Gasteiger partial charge in [-0.1, -0.05) is 25.1 Å². The average molecular weight is 285 g/mol. The Kier molecular flexibility index (Phi) is 3.97. The van der Waals surface area contributed by atoms with Gasteiger partial charge in [-0.2, -0.15) is 0 Å². The van der Waals surface area contributed by atoms with Crippen molar-refractivity contribution in [1.82, 2.24) is 14.8 Å². The normalized spacial score (nSPS) is 20.7. The van der Waals surface area contributed by atoms with Gasteiger partial charge in [0.1, 0.15) is 0 Å². The van der Waals surface area contributed by atoms with Crippen LogP contribution in [0.1, 0.15) is 30.1 Å².